The molecule has 0 aromatic carbocycles. The van der Waals surface area contributed by atoms with Gasteiger partial charge in [-0.05, 0) is 32.7 Å². The fourth-order valence-electron chi connectivity index (χ4n) is 2.52. The lowest BCUT2D eigenvalue weighted by Crippen LogP contribution is -2.38. The molecule has 0 amide bonds. The molecule has 0 bridgehead atoms. The first-order valence-electron chi connectivity index (χ1n) is 7.31. The van der Waals surface area contributed by atoms with Crippen LogP contribution in [0.15, 0.2) is 12.4 Å². The molecule has 1 aliphatic heterocycles. The third kappa shape index (κ3) is 4.60. The molecule has 19 heavy (non-hydrogen) atoms. The Hall–Kier alpha value is -0.910. The summed E-state index contributed by atoms with van der Waals surface area (Å²) in [4.78, 5) is 6.76. The molecule has 1 aliphatic rings. The lowest BCUT2D eigenvalue weighted by Gasteiger charge is -2.32. The smallest absolute Gasteiger partial charge is 0.105 e. The second-order valence-electron chi connectivity index (χ2n) is 5.22. The third-order valence-electron chi connectivity index (χ3n) is 3.82. The van der Waals surface area contributed by atoms with Crippen LogP contribution in [0.5, 0.6) is 0 Å². The number of rotatable bonds is 7. The summed E-state index contributed by atoms with van der Waals surface area (Å²) >= 11 is 0. The Bertz CT molecular complexity index is 358. The fourth-order valence-corrected chi connectivity index (χ4v) is 2.52. The van der Waals surface area contributed by atoms with Gasteiger partial charge in [0.15, 0.2) is 0 Å². The zero-order chi connectivity index (χ0) is 13.5. The van der Waals surface area contributed by atoms with Gasteiger partial charge in [0.05, 0.1) is 6.10 Å². The highest BCUT2D eigenvalue weighted by Gasteiger charge is 2.19. The number of likely N-dealkylation sites (tertiary alicyclic amines) is 1. The van der Waals surface area contributed by atoms with Crippen molar-refractivity contribution in [2.45, 2.75) is 38.8 Å². The van der Waals surface area contributed by atoms with Crippen molar-refractivity contribution in [2.24, 2.45) is 5.73 Å². The molecule has 2 heterocycles. The maximum absolute atomic E-state index is 5.82. The van der Waals surface area contributed by atoms with Gasteiger partial charge < -0.3 is 19.9 Å². The van der Waals surface area contributed by atoms with Gasteiger partial charge >= 0.3 is 0 Å². The Balaban J connectivity index is 1.62. The monoisotopic (exact) mass is 266 g/mol. The van der Waals surface area contributed by atoms with Gasteiger partial charge in [0, 0.05) is 45.2 Å². The van der Waals surface area contributed by atoms with E-state index in [1.54, 1.807) is 0 Å². The number of ether oxygens (including phenoxy) is 1. The molecule has 1 aromatic rings. The Morgan fingerprint density at radius 2 is 2.16 bits per heavy atom. The summed E-state index contributed by atoms with van der Waals surface area (Å²) in [6, 6.07) is 0. The summed E-state index contributed by atoms with van der Waals surface area (Å²) in [5, 5.41) is 0. The fraction of sp³-hybridized carbons (Fsp3) is 0.786. The van der Waals surface area contributed by atoms with E-state index in [0.717, 1.165) is 64.4 Å². The molecule has 1 fully saturated rings. The number of aryl methyl sites for hydroxylation is 1. The van der Waals surface area contributed by atoms with Gasteiger partial charge in [0.1, 0.15) is 5.82 Å². The van der Waals surface area contributed by atoms with Gasteiger partial charge in [-0.15, -0.1) is 0 Å². The molecule has 5 nitrogen and oxygen atoms in total. The van der Waals surface area contributed by atoms with Gasteiger partial charge in [-0.2, -0.15) is 0 Å². The summed E-state index contributed by atoms with van der Waals surface area (Å²) in [6.07, 6.45) is 7.63. The van der Waals surface area contributed by atoms with E-state index >= 15 is 0 Å². The topological polar surface area (TPSA) is 56.3 Å². The first kappa shape index (κ1) is 14.5. The SMILES string of the molecule is Cc1nccn1CCN1CCC(OCCCN)CC1. The molecule has 0 aliphatic carbocycles. The quantitative estimate of drug-likeness (QED) is 0.749. The van der Waals surface area contributed by atoms with E-state index in [-0.39, 0.29) is 0 Å². The maximum atomic E-state index is 5.82. The van der Waals surface area contributed by atoms with Gasteiger partial charge in [-0.3, -0.25) is 0 Å². The first-order chi connectivity index (χ1) is 9.29. The van der Waals surface area contributed by atoms with E-state index < -0.39 is 0 Å². The van der Waals surface area contributed by atoms with Crippen LogP contribution < -0.4 is 5.73 Å². The number of hydrogen-bond donors (Lipinski definition) is 1. The van der Waals surface area contributed by atoms with E-state index in [4.69, 9.17) is 10.5 Å². The van der Waals surface area contributed by atoms with E-state index in [1.807, 2.05) is 6.20 Å². The van der Waals surface area contributed by atoms with E-state index in [1.165, 1.54) is 0 Å². The van der Waals surface area contributed by atoms with Crippen LogP contribution >= 0.6 is 0 Å². The van der Waals surface area contributed by atoms with Crippen LogP contribution in [0.2, 0.25) is 0 Å². The number of piperidine rings is 1. The Kier molecular flexibility index (Phi) is 5.82. The molecule has 2 rings (SSSR count). The highest BCUT2D eigenvalue weighted by molar-refractivity contribution is 4.88. The van der Waals surface area contributed by atoms with Crippen LogP contribution in [-0.4, -0.2) is 53.3 Å². The van der Waals surface area contributed by atoms with E-state index in [0.29, 0.717) is 6.10 Å². The largest absolute Gasteiger partial charge is 0.378 e. The highest BCUT2D eigenvalue weighted by atomic mass is 16.5. The van der Waals surface area contributed by atoms with Crippen LogP contribution in [0.4, 0.5) is 0 Å². The van der Waals surface area contributed by atoms with Gasteiger partial charge in [-0.1, -0.05) is 0 Å². The first-order valence-corrected chi connectivity index (χ1v) is 7.31. The summed E-state index contributed by atoms with van der Waals surface area (Å²) < 4.78 is 8.03. The number of hydrogen-bond acceptors (Lipinski definition) is 4. The van der Waals surface area contributed by atoms with Crippen molar-refractivity contribution in [3.63, 3.8) is 0 Å². The number of aromatic nitrogens is 2. The Labute approximate surface area is 115 Å². The summed E-state index contributed by atoms with van der Waals surface area (Å²) in [7, 11) is 0. The molecule has 108 valence electrons. The minimum Gasteiger partial charge on any atom is -0.378 e. The molecule has 0 saturated carbocycles. The van der Waals surface area contributed by atoms with Crippen LogP contribution in [0.3, 0.4) is 0 Å². The standard InChI is InChI=1S/C14H26N4O/c1-13-16-6-9-18(13)11-10-17-7-3-14(4-8-17)19-12-2-5-15/h6,9,14H,2-5,7-8,10-12,15H2,1H3. The minimum absolute atomic E-state index is 0.442. The van der Waals surface area contributed by atoms with Crippen molar-refractivity contribution in [1.29, 1.82) is 0 Å². The van der Waals surface area contributed by atoms with Crippen LogP contribution in [0.25, 0.3) is 0 Å². The highest BCUT2D eigenvalue weighted by Crippen LogP contribution is 2.14. The van der Waals surface area contributed by atoms with Crippen LogP contribution in [0, 0.1) is 6.92 Å². The molecule has 1 saturated heterocycles. The van der Waals surface area contributed by atoms with Crippen molar-refractivity contribution in [1.82, 2.24) is 14.5 Å². The number of nitrogens with zero attached hydrogens (tertiary/aromatic N) is 3. The minimum atomic E-state index is 0.442. The normalized spacial score (nSPS) is 18.0. The molecular weight excluding hydrogens is 240 g/mol. The maximum Gasteiger partial charge on any atom is 0.105 e. The van der Waals surface area contributed by atoms with Gasteiger partial charge in [0.25, 0.3) is 0 Å². The molecule has 0 unspecified atom stereocenters. The second kappa shape index (κ2) is 7.62. The van der Waals surface area contributed by atoms with Crippen molar-refractivity contribution < 1.29 is 4.74 Å². The third-order valence-corrected chi connectivity index (χ3v) is 3.82. The second-order valence-corrected chi connectivity index (χ2v) is 5.22. The van der Waals surface area contributed by atoms with E-state index in [9.17, 15) is 0 Å². The average Bonchev–Trinajstić information content (AvgIpc) is 2.84. The predicted octanol–water partition coefficient (Wildman–Crippen LogP) is 1.02. The van der Waals surface area contributed by atoms with E-state index in [2.05, 4.69) is 27.6 Å². The summed E-state index contributed by atoms with van der Waals surface area (Å²) in [5.74, 6) is 1.10. The molecule has 0 atom stereocenters. The zero-order valence-corrected chi connectivity index (χ0v) is 11.9. The van der Waals surface area contributed by atoms with Crippen molar-refractivity contribution >= 4 is 0 Å². The average molecular weight is 266 g/mol. The Morgan fingerprint density at radius 1 is 1.37 bits per heavy atom. The van der Waals surface area contributed by atoms with Crippen LogP contribution in [0.1, 0.15) is 25.1 Å². The van der Waals surface area contributed by atoms with Gasteiger partial charge in [0.2, 0.25) is 0 Å². The zero-order valence-electron chi connectivity index (χ0n) is 11.9. The van der Waals surface area contributed by atoms with Crippen molar-refractivity contribution in [2.75, 3.05) is 32.8 Å². The molecule has 2 N–H and O–H groups in total. The van der Waals surface area contributed by atoms with Crippen LogP contribution in [-0.2, 0) is 11.3 Å². The number of imidazole rings is 1. The molecule has 5 heteroatoms. The molecule has 0 spiro atoms. The molecular formula is C14H26N4O. The van der Waals surface area contributed by atoms with Crippen molar-refractivity contribution in [3.05, 3.63) is 18.2 Å². The van der Waals surface area contributed by atoms with Gasteiger partial charge in [-0.25, -0.2) is 4.98 Å². The lowest BCUT2D eigenvalue weighted by atomic mass is 10.1. The number of nitrogens with two attached hydrogens (primary N) is 1. The molecule has 0 radical (unpaired) electrons. The summed E-state index contributed by atoms with van der Waals surface area (Å²) in [5.41, 5.74) is 5.47. The Morgan fingerprint density at radius 3 is 2.79 bits per heavy atom. The lowest BCUT2D eigenvalue weighted by molar-refractivity contribution is 0.00668. The van der Waals surface area contributed by atoms with Crippen molar-refractivity contribution in [3.8, 4) is 0 Å². The summed E-state index contributed by atoms with van der Waals surface area (Å²) in [6.45, 7) is 8.01. The molecule has 1 aromatic heterocycles. The predicted molar refractivity (Wildman–Crippen MR) is 76.0 cm³/mol.